The molecule has 0 atom stereocenters. The molecule has 0 unspecified atom stereocenters. The molecule has 2 aromatic rings. The second-order valence-electron chi connectivity index (χ2n) is 4.15. The van der Waals surface area contributed by atoms with Gasteiger partial charge in [-0.25, -0.2) is 4.79 Å². The first-order valence-corrected chi connectivity index (χ1v) is 6.57. The summed E-state index contributed by atoms with van der Waals surface area (Å²) in [7, 11) is 0. The van der Waals surface area contributed by atoms with Gasteiger partial charge in [0, 0.05) is 10.0 Å². The Morgan fingerprint density at radius 2 is 2.00 bits per heavy atom. The van der Waals surface area contributed by atoms with Crippen molar-refractivity contribution >= 4 is 21.9 Å². The normalized spacial score (nSPS) is 10.2. The number of carboxylic acids is 1. The number of ether oxygens (including phenoxy) is 1. The third kappa shape index (κ3) is 3.35. The predicted molar refractivity (Wildman–Crippen MR) is 76.6 cm³/mol. The molecule has 2 rings (SSSR count). The van der Waals surface area contributed by atoms with Crippen LogP contribution in [0.1, 0.15) is 21.5 Å². The smallest absolute Gasteiger partial charge is 0.336 e. The zero-order chi connectivity index (χ0) is 13.8. The number of hydrogen-bond acceptors (Lipinski definition) is 2. The van der Waals surface area contributed by atoms with Crippen LogP contribution in [0.4, 0.5) is 0 Å². The lowest BCUT2D eigenvalue weighted by Gasteiger charge is -2.11. The van der Waals surface area contributed by atoms with E-state index in [1.54, 1.807) is 25.1 Å². The molecule has 0 aliphatic rings. The molecule has 4 heteroatoms. The molecule has 0 aromatic heterocycles. The molecule has 0 aliphatic carbocycles. The van der Waals surface area contributed by atoms with Crippen molar-refractivity contribution in [3.05, 3.63) is 63.6 Å². The highest BCUT2D eigenvalue weighted by Gasteiger charge is 2.10. The van der Waals surface area contributed by atoms with E-state index in [2.05, 4.69) is 15.9 Å². The molecular formula is C15H13BrO3. The lowest BCUT2D eigenvalue weighted by atomic mass is 10.1. The van der Waals surface area contributed by atoms with Crippen LogP contribution in [0.15, 0.2) is 46.9 Å². The third-order valence-corrected chi connectivity index (χ3v) is 3.29. The van der Waals surface area contributed by atoms with E-state index in [4.69, 9.17) is 9.84 Å². The van der Waals surface area contributed by atoms with Crippen LogP contribution < -0.4 is 4.74 Å². The van der Waals surface area contributed by atoms with Gasteiger partial charge in [0.2, 0.25) is 0 Å². The summed E-state index contributed by atoms with van der Waals surface area (Å²) in [5.74, 6) is -0.342. The van der Waals surface area contributed by atoms with Crippen molar-refractivity contribution in [3.63, 3.8) is 0 Å². The fraction of sp³-hybridized carbons (Fsp3) is 0.133. The molecule has 19 heavy (non-hydrogen) atoms. The summed E-state index contributed by atoms with van der Waals surface area (Å²) < 4.78 is 6.67. The van der Waals surface area contributed by atoms with Crippen LogP contribution in [0.2, 0.25) is 0 Å². The van der Waals surface area contributed by atoms with Gasteiger partial charge in [0.15, 0.2) is 0 Å². The molecule has 0 bridgehead atoms. The summed E-state index contributed by atoms with van der Waals surface area (Å²) in [6.45, 7) is 2.16. The molecule has 0 heterocycles. The van der Waals surface area contributed by atoms with Gasteiger partial charge in [-0.3, -0.25) is 0 Å². The zero-order valence-electron chi connectivity index (χ0n) is 10.4. The standard InChI is InChI=1S/C15H13BrO3/c1-10-13(15(17)18)6-3-7-14(10)19-9-11-4-2-5-12(16)8-11/h2-8H,9H2,1H3,(H,17,18). The Morgan fingerprint density at radius 3 is 2.68 bits per heavy atom. The van der Waals surface area contributed by atoms with Crippen LogP contribution in [0.25, 0.3) is 0 Å². The Bertz CT molecular complexity index is 608. The van der Waals surface area contributed by atoms with Crippen LogP contribution in [-0.2, 0) is 6.61 Å². The number of benzene rings is 2. The Morgan fingerprint density at radius 1 is 1.26 bits per heavy atom. The maximum atomic E-state index is 11.0. The second kappa shape index (κ2) is 5.89. The van der Waals surface area contributed by atoms with Gasteiger partial charge in [0.05, 0.1) is 5.56 Å². The lowest BCUT2D eigenvalue weighted by molar-refractivity contribution is 0.0695. The van der Waals surface area contributed by atoms with Crippen LogP contribution in [0, 0.1) is 6.92 Å². The molecule has 0 aliphatic heterocycles. The van der Waals surface area contributed by atoms with Crippen molar-refractivity contribution in [1.29, 1.82) is 0 Å². The minimum Gasteiger partial charge on any atom is -0.489 e. The maximum absolute atomic E-state index is 11.0. The molecule has 2 aromatic carbocycles. The van der Waals surface area contributed by atoms with Gasteiger partial charge in [-0.2, -0.15) is 0 Å². The largest absolute Gasteiger partial charge is 0.489 e. The fourth-order valence-electron chi connectivity index (χ4n) is 1.79. The first kappa shape index (κ1) is 13.6. The van der Waals surface area contributed by atoms with Crippen LogP contribution >= 0.6 is 15.9 Å². The summed E-state index contributed by atoms with van der Waals surface area (Å²) in [5.41, 5.74) is 1.94. The Balaban J connectivity index is 2.16. The second-order valence-corrected chi connectivity index (χ2v) is 5.07. The monoisotopic (exact) mass is 320 g/mol. The Hall–Kier alpha value is -1.81. The molecule has 0 amide bonds. The van der Waals surface area contributed by atoms with Crippen molar-refractivity contribution < 1.29 is 14.6 Å². The van der Waals surface area contributed by atoms with Gasteiger partial charge >= 0.3 is 5.97 Å². The van der Waals surface area contributed by atoms with E-state index in [0.29, 0.717) is 17.9 Å². The summed E-state index contributed by atoms with van der Waals surface area (Å²) in [4.78, 5) is 11.0. The number of carbonyl (C=O) groups is 1. The molecule has 0 radical (unpaired) electrons. The van der Waals surface area contributed by atoms with E-state index in [1.165, 1.54) is 0 Å². The minimum atomic E-state index is -0.939. The van der Waals surface area contributed by atoms with Gasteiger partial charge in [0.1, 0.15) is 12.4 Å². The molecule has 3 nitrogen and oxygen atoms in total. The van der Waals surface area contributed by atoms with E-state index in [1.807, 2.05) is 24.3 Å². The first-order valence-electron chi connectivity index (χ1n) is 5.78. The van der Waals surface area contributed by atoms with Crippen molar-refractivity contribution in [1.82, 2.24) is 0 Å². The van der Waals surface area contributed by atoms with E-state index in [9.17, 15) is 4.79 Å². The van der Waals surface area contributed by atoms with Gasteiger partial charge < -0.3 is 9.84 Å². The molecular weight excluding hydrogens is 308 g/mol. The molecule has 1 N–H and O–H groups in total. The van der Waals surface area contributed by atoms with Crippen LogP contribution in [0.5, 0.6) is 5.75 Å². The minimum absolute atomic E-state index is 0.270. The Kier molecular flexibility index (Phi) is 4.22. The van der Waals surface area contributed by atoms with Crippen molar-refractivity contribution in [2.45, 2.75) is 13.5 Å². The summed E-state index contributed by atoms with van der Waals surface area (Å²) >= 11 is 3.40. The predicted octanol–water partition coefficient (Wildman–Crippen LogP) is 4.03. The molecule has 0 spiro atoms. The molecule has 0 saturated heterocycles. The summed E-state index contributed by atoms with van der Waals surface area (Å²) in [6.07, 6.45) is 0. The number of carboxylic acid groups (broad SMARTS) is 1. The fourth-order valence-corrected chi connectivity index (χ4v) is 2.24. The van der Waals surface area contributed by atoms with Gasteiger partial charge in [0.25, 0.3) is 0 Å². The topological polar surface area (TPSA) is 46.5 Å². The number of aromatic carboxylic acids is 1. The maximum Gasteiger partial charge on any atom is 0.336 e. The third-order valence-electron chi connectivity index (χ3n) is 2.80. The van der Waals surface area contributed by atoms with E-state index < -0.39 is 5.97 Å². The van der Waals surface area contributed by atoms with Crippen LogP contribution in [0.3, 0.4) is 0 Å². The van der Waals surface area contributed by atoms with Gasteiger partial charge in [-0.05, 0) is 36.8 Å². The van der Waals surface area contributed by atoms with Gasteiger partial charge in [-0.1, -0.05) is 34.1 Å². The lowest BCUT2D eigenvalue weighted by Crippen LogP contribution is -2.03. The highest BCUT2D eigenvalue weighted by molar-refractivity contribution is 9.10. The quantitative estimate of drug-likeness (QED) is 0.924. The SMILES string of the molecule is Cc1c(OCc2cccc(Br)c2)cccc1C(=O)O. The molecule has 0 saturated carbocycles. The van der Waals surface area contributed by atoms with E-state index >= 15 is 0 Å². The van der Waals surface area contributed by atoms with Gasteiger partial charge in [-0.15, -0.1) is 0 Å². The van der Waals surface area contributed by atoms with Crippen molar-refractivity contribution in [3.8, 4) is 5.75 Å². The molecule has 98 valence electrons. The number of rotatable bonds is 4. The molecule has 0 fully saturated rings. The van der Waals surface area contributed by atoms with Crippen molar-refractivity contribution in [2.75, 3.05) is 0 Å². The van der Waals surface area contributed by atoms with Crippen LogP contribution in [-0.4, -0.2) is 11.1 Å². The highest BCUT2D eigenvalue weighted by atomic mass is 79.9. The Labute approximate surface area is 120 Å². The number of halogens is 1. The van der Waals surface area contributed by atoms with Crippen molar-refractivity contribution in [2.24, 2.45) is 0 Å². The van der Waals surface area contributed by atoms with E-state index in [0.717, 1.165) is 10.0 Å². The summed E-state index contributed by atoms with van der Waals surface area (Å²) in [5, 5.41) is 9.05. The summed E-state index contributed by atoms with van der Waals surface area (Å²) in [6, 6.07) is 12.8. The van der Waals surface area contributed by atoms with E-state index in [-0.39, 0.29) is 5.56 Å². The average molecular weight is 321 g/mol. The average Bonchev–Trinajstić information content (AvgIpc) is 2.37. The zero-order valence-corrected chi connectivity index (χ0v) is 12.0. The first-order chi connectivity index (χ1) is 9.08. The number of hydrogen-bond donors (Lipinski definition) is 1. The highest BCUT2D eigenvalue weighted by Crippen LogP contribution is 2.23.